The van der Waals surface area contributed by atoms with Crippen molar-refractivity contribution in [2.45, 2.75) is 24.8 Å². The first kappa shape index (κ1) is 18.0. The standard InChI is InChI=1S/C17H20N2O4S/c1-13(2)19(3)24(21,22)16-9-6-14(7-10-16)18-17(20)11-8-15-5-4-12-23-15/h4-13H,1-3H3,(H,18,20)/b11-8+. The summed E-state index contributed by atoms with van der Waals surface area (Å²) in [5.41, 5.74) is 0.509. The summed E-state index contributed by atoms with van der Waals surface area (Å²) in [6.45, 7) is 3.61. The summed E-state index contributed by atoms with van der Waals surface area (Å²) >= 11 is 0. The minimum Gasteiger partial charge on any atom is -0.465 e. The minimum atomic E-state index is -3.53. The molecule has 0 bridgehead atoms. The fourth-order valence-electron chi connectivity index (χ4n) is 1.88. The Hall–Kier alpha value is -2.38. The highest BCUT2D eigenvalue weighted by molar-refractivity contribution is 7.89. The third kappa shape index (κ3) is 4.33. The molecule has 1 amide bonds. The van der Waals surface area contributed by atoms with Crippen LogP contribution in [0.1, 0.15) is 19.6 Å². The second kappa shape index (κ2) is 7.46. The number of nitrogens with zero attached hydrogens (tertiary/aromatic N) is 1. The van der Waals surface area contributed by atoms with E-state index < -0.39 is 10.0 Å². The van der Waals surface area contributed by atoms with Crippen LogP contribution in [0.2, 0.25) is 0 Å². The molecule has 1 aromatic heterocycles. The van der Waals surface area contributed by atoms with Crippen molar-refractivity contribution in [1.29, 1.82) is 0 Å². The molecule has 0 unspecified atom stereocenters. The molecule has 0 atom stereocenters. The van der Waals surface area contributed by atoms with E-state index >= 15 is 0 Å². The summed E-state index contributed by atoms with van der Waals surface area (Å²) < 4.78 is 31.1. The predicted molar refractivity (Wildman–Crippen MR) is 92.9 cm³/mol. The number of carbonyl (C=O) groups is 1. The highest BCUT2D eigenvalue weighted by Gasteiger charge is 2.22. The van der Waals surface area contributed by atoms with Gasteiger partial charge in [0.1, 0.15) is 5.76 Å². The first-order chi connectivity index (χ1) is 11.3. The van der Waals surface area contributed by atoms with Crippen molar-refractivity contribution >= 4 is 27.7 Å². The molecule has 1 aromatic carbocycles. The zero-order valence-corrected chi connectivity index (χ0v) is 14.6. The van der Waals surface area contributed by atoms with Gasteiger partial charge in [0.05, 0.1) is 11.2 Å². The van der Waals surface area contributed by atoms with E-state index in [4.69, 9.17) is 4.42 Å². The average Bonchev–Trinajstić information content (AvgIpc) is 3.06. The van der Waals surface area contributed by atoms with Crippen LogP contribution in [0.4, 0.5) is 5.69 Å². The second-order valence-corrected chi connectivity index (χ2v) is 7.47. The van der Waals surface area contributed by atoms with Crippen molar-refractivity contribution in [2.75, 3.05) is 12.4 Å². The lowest BCUT2D eigenvalue weighted by Crippen LogP contribution is -2.33. The molecule has 0 saturated carbocycles. The highest BCUT2D eigenvalue weighted by atomic mass is 32.2. The molecule has 6 nitrogen and oxygen atoms in total. The van der Waals surface area contributed by atoms with Crippen LogP contribution in [-0.4, -0.2) is 31.7 Å². The van der Waals surface area contributed by atoms with Crippen LogP contribution in [-0.2, 0) is 14.8 Å². The lowest BCUT2D eigenvalue weighted by Gasteiger charge is -2.21. The molecule has 24 heavy (non-hydrogen) atoms. The molecular weight excluding hydrogens is 328 g/mol. The Labute approximate surface area is 141 Å². The Bertz CT molecular complexity index is 807. The lowest BCUT2D eigenvalue weighted by atomic mass is 10.3. The molecule has 0 spiro atoms. The number of benzene rings is 1. The number of anilines is 1. The van der Waals surface area contributed by atoms with E-state index in [9.17, 15) is 13.2 Å². The number of rotatable bonds is 6. The highest BCUT2D eigenvalue weighted by Crippen LogP contribution is 2.19. The number of sulfonamides is 1. The van der Waals surface area contributed by atoms with Crippen LogP contribution in [0.25, 0.3) is 6.08 Å². The normalized spacial score (nSPS) is 12.2. The molecule has 1 N–H and O–H groups in total. The van der Waals surface area contributed by atoms with Gasteiger partial charge in [0.25, 0.3) is 0 Å². The van der Waals surface area contributed by atoms with Crippen molar-refractivity contribution in [3.05, 3.63) is 54.5 Å². The summed E-state index contributed by atoms with van der Waals surface area (Å²) in [7, 11) is -1.99. The van der Waals surface area contributed by atoms with Gasteiger partial charge in [-0.15, -0.1) is 0 Å². The van der Waals surface area contributed by atoms with E-state index in [1.807, 2.05) is 0 Å². The van der Waals surface area contributed by atoms with Crippen LogP contribution >= 0.6 is 0 Å². The van der Waals surface area contributed by atoms with Crippen LogP contribution in [0.3, 0.4) is 0 Å². The summed E-state index contributed by atoms with van der Waals surface area (Å²) in [4.78, 5) is 12.0. The summed E-state index contributed by atoms with van der Waals surface area (Å²) in [6, 6.07) is 9.38. The zero-order chi connectivity index (χ0) is 17.7. The first-order valence-electron chi connectivity index (χ1n) is 7.41. The van der Waals surface area contributed by atoms with E-state index in [2.05, 4.69) is 5.32 Å². The molecule has 2 aromatic rings. The van der Waals surface area contributed by atoms with Gasteiger partial charge in [-0.2, -0.15) is 4.31 Å². The number of nitrogens with one attached hydrogen (secondary N) is 1. The van der Waals surface area contributed by atoms with E-state index in [1.54, 1.807) is 44.2 Å². The molecule has 1 heterocycles. The van der Waals surface area contributed by atoms with Gasteiger partial charge in [-0.05, 0) is 56.3 Å². The summed E-state index contributed by atoms with van der Waals surface area (Å²) in [6.07, 6.45) is 4.41. The molecule has 0 aliphatic carbocycles. The maximum atomic E-state index is 12.4. The van der Waals surface area contributed by atoms with Gasteiger partial charge in [-0.25, -0.2) is 8.42 Å². The number of hydrogen-bond acceptors (Lipinski definition) is 4. The Balaban J connectivity index is 2.05. The molecule has 0 saturated heterocycles. The summed E-state index contributed by atoms with van der Waals surface area (Å²) in [5, 5.41) is 2.66. The van der Waals surface area contributed by atoms with Crippen LogP contribution < -0.4 is 5.32 Å². The lowest BCUT2D eigenvalue weighted by molar-refractivity contribution is -0.111. The fourth-order valence-corrected chi connectivity index (χ4v) is 3.25. The van der Waals surface area contributed by atoms with Gasteiger partial charge in [-0.3, -0.25) is 4.79 Å². The Morgan fingerprint density at radius 3 is 2.42 bits per heavy atom. The Morgan fingerprint density at radius 1 is 1.21 bits per heavy atom. The molecular formula is C17H20N2O4S. The number of amides is 1. The monoisotopic (exact) mass is 348 g/mol. The van der Waals surface area contributed by atoms with E-state index in [1.165, 1.54) is 35.8 Å². The van der Waals surface area contributed by atoms with Crippen molar-refractivity contribution in [2.24, 2.45) is 0 Å². The molecule has 128 valence electrons. The number of carbonyl (C=O) groups excluding carboxylic acids is 1. The van der Waals surface area contributed by atoms with Crippen LogP contribution in [0, 0.1) is 0 Å². The van der Waals surface area contributed by atoms with Gasteiger partial charge >= 0.3 is 0 Å². The molecule has 0 radical (unpaired) electrons. The Kier molecular flexibility index (Phi) is 5.58. The van der Waals surface area contributed by atoms with Gasteiger partial charge in [0.15, 0.2) is 0 Å². The average molecular weight is 348 g/mol. The zero-order valence-electron chi connectivity index (χ0n) is 13.8. The van der Waals surface area contributed by atoms with E-state index in [0.29, 0.717) is 11.4 Å². The smallest absolute Gasteiger partial charge is 0.248 e. The Morgan fingerprint density at radius 2 is 1.88 bits per heavy atom. The molecule has 0 fully saturated rings. The molecule has 7 heteroatoms. The van der Waals surface area contributed by atoms with Crippen molar-refractivity contribution in [3.63, 3.8) is 0 Å². The van der Waals surface area contributed by atoms with Gasteiger partial charge < -0.3 is 9.73 Å². The maximum absolute atomic E-state index is 12.4. The third-order valence-electron chi connectivity index (χ3n) is 3.47. The molecule has 2 rings (SSSR count). The topological polar surface area (TPSA) is 79.6 Å². The minimum absolute atomic E-state index is 0.138. The van der Waals surface area contributed by atoms with Crippen LogP contribution in [0.5, 0.6) is 0 Å². The molecule has 0 aliphatic rings. The maximum Gasteiger partial charge on any atom is 0.248 e. The van der Waals surface area contributed by atoms with E-state index in [-0.39, 0.29) is 16.8 Å². The van der Waals surface area contributed by atoms with Gasteiger partial charge in [-0.1, -0.05) is 0 Å². The predicted octanol–water partition coefficient (Wildman–Crippen LogP) is 2.96. The third-order valence-corrected chi connectivity index (χ3v) is 5.52. The van der Waals surface area contributed by atoms with Gasteiger partial charge in [0.2, 0.25) is 15.9 Å². The van der Waals surface area contributed by atoms with Crippen molar-refractivity contribution in [1.82, 2.24) is 4.31 Å². The second-order valence-electron chi connectivity index (χ2n) is 5.48. The van der Waals surface area contributed by atoms with Crippen molar-refractivity contribution < 1.29 is 17.6 Å². The molecule has 0 aliphatic heterocycles. The van der Waals surface area contributed by atoms with E-state index in [0.717, 1.165) is 0 Å². The SMILES string of the molecule is CC(C)N(C)S(=O)(=O)c1ccc(NC(=O)/C=C/c2ccco2)cc1. The first-order valence-corrected chi connectivity index (χ1v) is 8.85. The van der Waals surface area contributed by atoms with Crippen molar-refractivity contribution in [3.8, 4) is 0 Å². The van der Waals surface area contributed by atoms with Gasteiger partial charge in [0, 0.05) is 24.9 Å². The number of furan rings is 1. The fraction of sp³-hybridized carbons (Fsp3) is 0.235. The number of hydrogen-bond donors (Lipinski definition) is 1. The largest absolute Gasteiger partial charge is 0.465 e. The van der Waals surface area contributed by atoms with Crippen LogP contribution in [0.15, 0.2) is 58.1 Å². The quantitative estimate of drug-likeness (QED) is 0.814. The summed E-state index contributed by atoms with van der Waals surface area (Å²) in [5.74, 6) is 0.240.